The number of aromatic nitrogens is 3. The zero-order valence-electron chi connectivity index (χ0n) is 14.4. The van der Waals surface area contributed by atoms with Gasteiger partial charge in [0, 0.05) is 11.3 Å². The Labute approximate surface area is 129 Å². The van der Waals surface area contributed by atoms with E-state index < -0.39 is 0 Å². The molecule has 21 heavy (non-hydrogen) atoms. The second-order valence-electron chi connectivity index (χ2n) is 8.54. The van der Waals surface area contributed by atoms with Gasteiger partial charge in [0.2, 0.25) is 5.95 Å². The summed E-state index contributed by atoms with van der Waals surface area (Å²) in [5, 5.41) is 0. The van der Waals surface area contributed by atoms with Crippen LogP contribution in [0.4, 0.5) is 5.95 Å². The van der Waals surface area contributed by atoms with Crippen molar-refractivity contribution in [2.45, 2.75) is 78.6 Å². The smallest absolute Gasteiger partial charge is 0.223 e. The van der Waals surface area contributed by atoms with Crippen molar-refractivity contribution < 1.29 is 0 Å². The fourth-order valence-corrected chi connectivity index (χ4v) is 3.14. The lowest BCUT2D eigenvalue weighted by Crippen LogP contribution is -2.27. The number of hydrogen-bond acceptors (Lipinski definition) is 4. The Hall–Kier alpha value is -1.19. The Balaban J connectivity index is 2.16. The van der Waals surface area contributed by atoms with Crippen molar-refractivity contribution in [3.05, 3.63) is 11.6 Å². The van der Waals surface area contributed by atoms with Crippen LogP contribution in [0, 0.1) is 11.3 Å². The molecule has 1 aliphatic rings. The molecular formula is C17H30N4. The molecule has 0 unspecified atom stereocenters. The minimum absolute atomic E-state index is 0.0889. The summed E-state index contributed by atoms with van der Waals surface area (Å²) in [5.41, 5.74) is 6.21. The monoisotopic (exact) mass is 290 g/mol. The lowest BCUT2D eigenvalue weighted by molar-refractivity contribution is 0.167. The van der Waals surface area contributed by atoms with E-state index in [1.807, 2.05) is 0 Å². The molecule has 0 aliphatic heterocycles. The van der Waals surface area contributed by atoms with Crippen molar-refractivity contribution in [2.24, 2.45) is 11.3 Å². The highest BCUT2D eigenvalue weighted by Gasteiger charge is 2.32. The Morgan fingerprint density at radius 2 is 1.43 bits per heavy atom. The first-order valence-corrected chi connectivity index (χ1v) is 8.09. The summed E-state index contributed by atoms with van der Waals surface area (Å²) in [6.07, 6.45) is 4.83. The van der Waals surface area contributed by atoms with Gasteiger partial charge in [0.05, 0.1) is 0 Å². The molecule has 0 spiro atoms. The molecule has 1 heterocycles. The summed E-state index contributed by atoms with van der Waals surface area (Å²) < 4.78 is 0. The van der Waals surface area contributed by atoms with Gasteiger partial charge in [-0.2, -0.15) is 9.97 Å². The molecule has 0 saturated heterocycles. The number of hydrogen-bond donors (Lipinski definition) is 1. The van der Waals surface area contributed by atoms with Gasteiger partial charge < -0.3 is 5.73 Å². The van der Waals surface area contributed by atoms with Crippen LogP contribution in [0.1, 0.15) is 84.8 Å². The summed E-state index contributed by atoms with van der Waals surface area (Å²) in [6.45, 7) is 13.4. The van der Waals surface area contributed by atoms with Crippen LogP contribution >= 0.6 is 0 Å². The first-order valence-electron chi connectivity index (χ1n) is 8.09. The standard InChI is InChI=1S/C17H30N4/c1-16(2,3)12-9-7-11(8-10-12)13-19-14(17(4,5)6)21-15(18)20-13/h11-12H,7-10H2,1-6H3,(H2,18,19,20,21). The quantitative estimate of drug-likeness (QED) is 0.846. The summed E-state index contributed by atoms with van der Waals surface area (Å²) >= 11 is 0. The topological polar surface area (TPSA) is 64.7 Å². The second-order valence-corrected chi connectivity index (χ2v) is 8.54. The van der Waals surface area contributed by atoms with E-state index in [0.717, 1.165) is 30.4 Å². The molecule has 1 aromatic heterocycles. The van der Waals surface area contributed by atoms with Gasteiger partial charge in [0.1, 0.15) is 11.6 Å². The van der Waals surface area contributed by atoms with Crippen LogP contribution in [-0.2, 0) is 5.41 Å². The van der Waals surface area contributed by atoms with Crippen molar-refractivity contribution in [3.63, 3.8) is 0 Å². The summed E-state index contributed by atoms with van der Waals surface area (Å²) in [4.78, 5) is 13.4. The Bertz CT molecular complexity index is 488. The lowest BCUT2D eigenvalue weighted by Gasteiger charge is -2.36. The molecule has 4 heteroatoms. The second kappa shape index (κ2) is 5.54. The normalized spacial score (nSPS) is 24.1. The third kappa shape index (κ3) is 3.92. The molecule has 0 atom stereocenters. The van der Waals surface area contributed by atoms with Gasteiger partial charge in [-0.3, -0.25) is 0 Å². The molecule has 1 fully saturated rings. The number of nitrogens with zero attached hydrogens (tertiary/aromatic N) is 3. The van der Waals surface area contributed by atoms with E-state index in [-0.39, 0.29) is 5.41 Å². The SMILES string of the molecule is CC(C)(C)c1nc(N)nc(C2CCC(C(C)(C)C)CC2)n1. The number of nitrogen functional groups attached to an aromatic ring is 1. The number of rotatable bonds is 1. The first kappa shape index (κ1) is 16.2. The zero-order valence-corrected chi connectivity index (χ0v) is 14.4. The van der Waals surface area contributed by atoms with Crippen LogP contribution in [0.3, 0.4) is 0 Å². The predicted molar refractivity (Wildman–Crippen MR) is 87.1 cm³/mol. The third-order valence-corrected chi connectivity index (χ3v) is 4.66. The summed E-state index contributed by atoms with van der Waals surface area (Å²) in [5.74, 6) is 3.32. The molecule has 1 aliphatic carbocycles. The predicted octanol–water partition coefficient (Wildman–Crippen LogP) is 4.07. The van der Waals surface area contributed by atoms with Crippen molar-refractivity contribution in [1.29, 1.82) is 0 Å². The molecule has 0 radical (unpaired) electrons. The van der Waals surface area contributed by atoms with Crippen LogP contribution in [0.5, 0.6) is 0 Å². The van der Waals surface area contributed by atoms with Gasteiger partial charge in [0.15, 0.2) is 0 Å². The van der Waals surface area contributed by atoms with Crippen molar-refractivity contribution in [3.8, 4) is 0 Å². The van der Waals surface area contributed by atoms with Crippen LogP contribution in [0.2, 0.25) is 0 Å². The van der Waals surface area contributed by atoms with E-state index in [1.54, 1.807) is 0 Å². The number of nitrogens with two attached hydrogens (primary N) is 1. The maximum Gasteiger partial charge on any atom is 0.223 e. The van der Waals surface area contributed by atoms with Gasteiger partial charge >= 0.3 is 0 Å². The van der Waals surface area contributed by atoms with E-state index in [4.69, 9.17) is 10.7 Å². The fraction of sp³-hybridized carbons (Fsp3) is 0.824. The summed E-state index contributed by atoms with van der Waals surface area (Å²) in [7, 11) is 0. The Kier molecular flexibility index (Phi) is 4.27. The molecule has 0 bridgehead atoms. The highest BCUT2D eigenvalue weighted by atomic mass is 15.1. The average Bonchev–Trinajstić information content (AvgIpc) is 2.36. The van der Waals surface area contributed by atoms with Crippen LogP contribution < -0.4 is 5.73 Å². The van der Waals surface area contributed by atoms with Gasteiger partial charge in [-0.25, -0.2) is 4.98 Å². The molecule has 1 saturated carbocycles. The maximum absolute atomic E-state index is 5.90. The van der Waals surface area contributed by atoms with Gasteiger partial charge in [0.25, 0.3) is 0 Å². The minimum Gasteiger partial charge on any atom is -0.368 e. The molecule has 118 valence electrons. The van der Waals surface area contributed by atoms with E-state index in [1.165, 1.54) is 12.8 Å². The molecule has 1 aromatic rings. The van der Waals surface area contributed by atoms with E-state index in [9.17, 15) is 0 Å². The lowest BCUT2D eigenvalue weighted by atomic mass is 9.69. The first-order chi connectivity index (χ1) is 9.57. The van der Waals surface area contributed by atoms with Crippen molar-refractivity contribution in [2.75, 3.05) is 5.73 Å². The molecule has 2 rings (SSSR count). The minimum atomic E-state index is -0.0889. The maximum atomic E-state index is 5.90. The van der Waals surface area contributed by atoms with Crippen LogP contribution in [-0.4, -0.2) is 15.0 Å². The zero-order chi connectivity index (χ0) is 15.8. The molecule has 2 N–H and O–H groups in total. The highest BCUT2D eigenvalue weighted by molar-refractivity contribution is 5.20. The Morgan fingerprint density at radius 1 is 0.857 bits per heavy atom. The fourth-order valence-electron chi connectivity index (χ4n) is 3.14. The van der Waals surface area contributed by atoms with Gasteiger partial charge in [-0.1, -0.05) is 41.5 Å². The Morgan fingerprint density at radius 3 is 1.90 bits per heavy atom. The molecule has 0 aromatic carbocycles. The number of anilines is 1. The van der Waals surface area contributed by atoms with Crippen LogP contribution in [0.25, 0.3) is 0 Å². The van der Waals surface area contributed by atoms with Crippen molar-refractivity contribution >= 4 is 5.95 Å². The van der Waals surface area contributed by atoms with E-state index in [2.05, 4.69) is 51.5 Å². The van der Waals surface area contributed by atoms with E-state index >= 15 is 0 Å². The molecule has 4 nitrogen and oxygen atoms in total. The van der Waals surface area contributed by atoms with Crippen LogP contribution in [0.15, 0.2) is 0 Å². The highest BCUT2D eigenvalue weighted by Crippen LogP contribution is 2.42. The van der Waals surface area contributed by atoms with Gasteiger partial charge in [-0.05, 0) is 37.0 Å². The molecular weight excluding hydrogens is 260 g/mol. The average molecular weight is 290 g/mol. The van der Waals surface area contributed by atoms with Gasteiger partial charge in [-0.15, -0.1) is 0 Å². The van der Waals surface area contributed by atoms with Crippen molar-refractivity contribution in [1.82, 2.24) is 15.0 Å². The largest absolute Gasteiger partial charge is 0.368 e. The third-order valence-electron chi connectivity index (χ3n) is 4.66. The molecule has 0 amide bonds. The van der Waals surface area contributed by atoms with E-state index in [0.29, 0.717) is 17.3 Å². The summed E-state index contributed by atoms with van der Waals surface area (Å²) in [6, 6.07) is 0.